The molecule has 0 saturated heterocycles. The van der Waals surface area contributed by atoms with E-state index in [1.807, 2.05) is 6.92 Å². The fraction of sp³-hybridized carbons (Fsp3) is 0.381. The second kappa shape index (κ2) is 7.74. The van der Waals surface area contributed by atoms with Crippen LogP contribution in [-0.2, 0) is 16.1 Å². The van der Waals surface area contributed by atoms with Crippen LogP contribution in [0.2, 0.25) is 0 Å². The van der Waals surface area contributed by atoms with E-state index in [1.54, 1.807) is 18.2 Å². The number of unbranched alkanes of at least 4 members (excludes halogenated alkanes) is 1. The number of ether oxygens (including phenoxy) is 3. The van der Waals surface area contributed by atoms with Crippen LogP contribution in [0.5, 0.6) is 11.5 Å². The average molecular weight is 413 g/mol. The predicted octanol–water partition coefficient (Wildman–Crippen LogP) is 1.72. The molecule has 2 N–H and O–H groups in total. The molecule has 158 valence electrons. The van der Waals surface area contributed by atoms with E-state index in [9.17, 15) is 14.4 Å². The average Bonchev–Trinajstić information content (AvgIpc) is 3.12. The van der Waals surface area contributed by atoms with Gasteiger partial charge in [-0.25, -0.2) is 9.59 Å². The first-order valence-corrected chi connectivity index (χ1v) is 9.76. The lowest BCUT2D eigenvalue weighted by atomic mass is 9.82. The van der Waals surface area contributed by atoms with Crippen molar-refractivity contribution >= 4 is 11.8 Å². The normalized spacial score (nSPS) is 17.2. The summed E-state index contributed by atoms with van der Waals surface area (Å²) in [6.45, 7) is 2.50. The van der Waals surface area contributed by atoms with Crippen molar-refractivity contribution < 1.29 is 19.0 Å². The molecular weight excluding hydrogens is 390 g/mol. The number of benzene rings is 1. The van der Waals surface area contributed by atoms with E-state index in [2.05, 4.69) is 10.3 Å². The highest BCUT2D eigenvalue weighted by molar-refractivity contribution is 5.97. The maximum absolute atomic E-state index is 13.0. The Morgan fingerprint density at radius 3 is 2.70 bits per heavy atom. The van der Waals surface area contributed by atoms with Crippen molar-refractivity contribution in [2.45, 2.75) is 32.2 Å². The summed E-state index contributed by atoms with van der Waals surface area (Å²) in [5.41, 5.74) is 0.673. The number of esters is 1. The second-order valence-electron chi connectivity index (χ2n) is 7.14. The molecule has 0 spiro atoms. The first-order chi connectivity index (χ1) is 14.5. The molecule has 0 fully saturated rings. The summed E-state index contributed by atoms with van der Waals surface area (Å²) in [4.78, 5) is 40.6. The van der Waals surface area contributed by atoms with Gasteiger partial charge >= 0.3 is 11.7 Å². The zero-order valence-corrected chi connectivity index (χ0v) is 17.0. The smallest absolute Gasteiger partial charge is 0.337 e. The van der Waals surface area contributed by atoms with Crippen molar-refractivity contribution in [3.63, 3.8) is 0 Å². The molecular formula is C21H23N3O6. The number of hydrogen-bond acceptors (Lipinski definition) is 7. The van der Waals surface area contributed by atoms with E-state index in [4.69, 9.17) is 14.2 Å². The van der Waals surface area contributed by atoms with Crippen LogP contribution >= 0.6 is 0 Å². The fourth-order valence-electron chi connectivity index (χ4n) is 4.07. The molecule has 2 aromatic rings. The summed E-state index contributed by atoms with van der Waals surface area (Å²) < 4.78 is 17.7. The lowest BCUT2D eigenvalue weighted by Gasteiger charge is -2.29. The molecule has 1 unspecified atom stereocenters. The number of anilines is 1. The SMILES string of the molecule is CCCCn1c2c(c(=O)[nH]c1=O)C(c1cccc(OC)c1OC)C1=C(COC1=O)N2. The van der Waals surface area contributed by atoms with Gasteiger partial charge in [0.25, 0.3) is 5.56 Å². The lowest BCUT2D eigenvalue weighted by Crippen LogP contribution is -2.38. The van der Waals surface area contributed by atoms with E-state index in [0.29, 0.717) is 40.7 Å². The Morgan fingerprint density at radius 1 is 1.20 bits per heavy atom. The quantitative estimate of drug-likeness (QED) is 0.694. The Hall–Kier alpha value is -3.49. The van der Waals surface area contributed by atoms with E-state index >= 15 is 0 Å². The number of methoxy groups -OCH3 is 2. The van der Waals surface area contributed by atoms with Gasteiger partial charge < -0.3 is 19.5 Å². The third kappa shape index (κ3) is 2.97. The minimum Gasteiger partial charge on any atom is -0.493 e. The Morgan fingerprint density at radius 2 is 2.00 bits per heavy atom. The highest BCUT2D eigenvalue weighted by Crippen LogP contribution is 2.47. The molecule has 4 rings (SSSR count). The highest BCUT2D eigenvalue weighted by atomic mass is 16.5. The topological polar surface area (TPSA) is 112 Å². The molecule has 3 heterocycles. The van der Waals surface area contributed by atoms with Crippen LogP contribution < -0.4 is 26.0 Å². The van der Waals surface area contributed by atoms with Crippen LogP contribution in [-0.4, -0.2) is 36.3 Å². The maximum Gasteiger partial charge on any atom is 0.337 e. The summed E-state index contributed by atoms with van der Waals surface area (Å²) in [7, 11) is 3.01. The van der Waals surface area contributed by atoms with Gasteiger partial charge in [0.1, 0.15) is 12.4 Å². The Labute approximate surface area is 172 Å². The van der Waals surface area contributed by atoms with Gasteiger partial charge in [-0.2, -0.15) is 0 Å². The van der Waals surface area contributed by atoms with Gasteiger partial charge in [-0.15, -0.1) is 0 Å². The number of nitrogens with one attached hydrogen (secondary N) is 2. The molecule has 0 saturated carbocycles. The van der Waals surface area contributed by atoms with E-state index in [0.717, 1.165) is 12.8 Å². The molecule has 9 nitrogen and oxygen atoms in total. The zero-order valence-electron chi connectivity index (χ0n) is 17.0. The number of cyclic esters (lactones) is 1. The molecule has 2 aliphatic rings. The number of rotatable bonds is 6. The van der Waals surface area contributed by atoms with Gasteiger partial charge in [-0.1, -0.05) is 25.5 Å². The van der Waals surface area contributed by atoms with Crippen LogP contribution in [0, 0.1) is 0 Å². The second-order valence-corrected chi connectivity index (χ2v) is 7.14. The third-order valence-electron chi connectivity index (χ3n) is 5.45. The van der Waals surface area contributed by atoms with Crippen molar-refractivity contribution in [1.82, 2.24) is 9.55 Å². The molecule has 2 aliphatic heterocycles. The van der Waals surface area contributed by atoms with Gasteiger partial charge in [0.15, 0.2) is 11.5 Å². The largest absolute Gasteiger partial charge is 0.493 e. The first kappa shape index (κ1) is 19.8. The number of aromatic nitrogens is 2. The Bertz CT molecular complexity index is 1160. The maximum atomic E-state index is 13.0. The number of carbonyl (C=O) groups is 1. The summed E-state index contributed by atoms with van der Waals surface area (Å²) in [6.07, 6.45) is 1.64. The molecule has 0 aliphatic carbocycles. The number of carbonyl (C=O) groups excluding carboxylic acids is 1. The minimum absolute atomic E-state index is 0.0468. The number of nitrogens with zero attached hydrogens (tertiary/aromatic N) is 1. The first-order valence-electron chi connectivity index (χ1n) is 9.76. The standard InChI is InChI=1S/C21H23N3O6/c1-4-5-9-24-18-16(19(25)23-21(24)27)14(15-12(22-18)10-30-20(15)26)11-7-6-8-13(28-2)17(11)29-3/h6-8,14,22H,4-5,9-10H2,1-3H3,(H,23,25,27). The summed E-state index contributed by atoms with van der Waals surface area (Å²) in [5, 5.41) is 3.12. The molecule has 1 aromatic carbocycles. The monoisotopic (exact) mass is 413 g/mol. The van der Waals surface area contributed by atoms with Gasteiger partial charge in [0, 0.05) is 12.1 Å². The highest BCUT2D eigenvalue weighted by Gasteiger charge is 2.42. The molecule has 0 amide bonds. The van der Waals surface area contributed by atoms with Crippen LogP contribution in [0.3, 0.4) is 0 Å². The van der Waals surface area contributed by atoms with E-state index in [-0.39, 0.29) is 12.2 Å². The zero-order chi connectivity index (χ0) is 21.4. The van der Waals surface area contributed by atoms with Crippen molar-refractivity contribution in [3.8, 4) is 11.5 Å². The summed E-state index contributed by atoms with van der Waals surface area (Å²) >= 11 is 0. The molecule has 0 bridgehead atoms. The number of aromatic amines is 1. The summed E-state index contributed by atoms with van der Waals surface area (Å²) in [5.74, 6) is -0.0178. The number of hydrogen-bond donors (Lipinski definition) is 2. The molecule has 30 heavy (non-hydrogen) atoms. The molecule has 1 aromatic heterocycles. The van der Waals surface area contributed by atoms with Crippen molar-refractivity contribution in [2.75, 3.05) is 26.1 Å². The Balaban J connectivity index is 2.04. The van der Waals surface area contributed by atoms with E-state index < -0.39 is 23.1 Å². The molecule has 1 atom stereocenters. The number of para-hydroxylation sites is 1. The van der Waals surface area contributed by atoms with Gasteiger partial charge in [-0.05, 0) is 12.5 Å². The number of fused-ring (bicyclic) bond motifs is 1. The predicted molar refractivity (Wildman–Crippen MR) is 109 cm³/mol. The van der Waals surface area contributed by atoms with Gasteiger partial charge in [-0.3, -0.25) is 14.3 Å². The summed E-state index contributed by atoms with van der Waals surface area (Å²) in [6, 6.07) is 5.28. The van der Waals surface area contributed by atoms with Crippen LogP contribution in [0.15, 0.2) is 39.1 Å². The Kier molecular flexibility index (Phi) is 5.11. The van der Waals surface area contributed by atoms with Crippen molar-refractivity contribution in [1.29, 1.82) is 0 Å². The molecule has 0 radical (unpaired) electrons. The van der Waals surface area contributed by atoms with Crippen molar-refractivity contribution in [2.24, 2.45) is 0 Å². The minimum atomic E-state index is -0.770. The van der Waals surface area contributed by atoms with E-state index in [1.165, 1.54) is 18.8 Å². The third-order valence-corrected chi connectivity index (χ3v) is 5.45. The fourth-order valence-corrected chi connectivity index (χ4v) is 4.07. The van der Waals surface area contributed by atoms with Gasteiger partial charge in [0.2, 0.25) is 0 Å². The molecule has 9 heteroatoms. The van der Waals surface area contributed by atoms with Crippen LogP contribution in [0.25, 0.3) is 0 Å². The van der Waals surface area contributed by atoms with Crippen molar-refractivity contribution in [3.05, 3.63) is 61.4 Å². The van der Waals surface area contributed by atoms with Crippen LogP contribution in [0.4, 0.5) is 5.82 Å². The van der Waals surface area contributed by atoms with Crippen LogP contribution in [0.1, 0.15) is 36.8 Å². The van der Waals surface area contributed by atoms with Gasteiger partial charge in [0.05, 0.1) is 37.0 Å². The number of H-pyrrole nitrogens is 1. The lowest BCUT2D eigenvalue weighted by molar-refractivity contribution is -0.136.